The summed E-state index contributed by atoms with van der Waals surface area (Å²) in [7, 11) is 3.10. The lowest BCUT2D eigenvalue weighted by atomic mass is 10.2. The van der Waals surface area contributed by atoms with Gasteiger partial charge < -0.3 is 20.1 Å². The molecular weight excluding hydrogens is 474 g/mol. The van der Waals surface area contributed by atoms with E-state index in [1.54, 1.807) is 44.2 Å². The van der Waals surface area contributed by atoms with E-state index >= 15 is 0 Å². The van der Waals surface area contributed by atoms with E-state index in [-0.39, 0.29) is 6.03 Å². The van der Waals surface area contributed by atoms with Crippen molar-refractivity contribution >= 4 is 40.8 Å². The van der Waals surface area contributed by atoms with Crippen molar-refractivity contribution in [3.05, 3.63) is 77.6 Å². The highest BCUT2D eigenvalue weighted by atomic mass is 35.5. The van der Waals surface area contributed by atoms with E-state index in [9.17, 15) is 4.79 Å². The van der Waals surface area contributed by atoms with Gasteiger partial charge >= 0.3 is 6.03 Å². The first-order valence-electron chi connectivity index (χ1n) is 10.2. The maximum Gasteiger partial charge on any atom is 0.323 e. The van der Waals surface area contributed by atoms with E-state index in [0.29, 0.717) is 39.5 Å². The highest BCUT2D eigenvalue weighted by Gasteiger charge is 2.10. The fraction of sp³-hybridized carbons (Fsp3) is 0.125. The minimum Gasteiger partial charge on any atom is -0.497 e. The van der Waals surface area contributed by atoms with Gasteiger partial charge in [0.25, 0.3) is 0 Å². The monoisotopic (exact) mass is 495 g/mol. The third-order valence-corrected chi connectivity index (χ3v) is 6.05. The molecule has 2 amide bonds. The molecule has 8 nitrogen and oxygen atoms in total. The minimum absolute atomic E-state index is 0.386. The van der Waals surface area contributed by atoms with Crippen molar-refractivity contribution < 1.29 is 14.3 Å². The summed E-state index contributed by atoms with van der Waals surface area (Å²) in [5.74, 6) is 3.18. The number of nitrogens with one attached hydrogen (secondary N) is 3. The first-order valence-corrected chi connectivity index (χ1v) is 11.6. The van der Waals surface area contributed by atoms with Crippen molar-refractivity contribution in [2.75, 3.05) is 24.9 Å². The molecule has 0 spiro atoms. The number of hydrogen-bond acceptors (Lipinski definition) is 6. The molecule has 0 aliphatic carbocycles. The van der Waals surface area contributed by atoms with Crippen molar-refractivity contribution in [3.8, 4) is 22.9 Å². The molecule has 0 saturated heterocycles. The van der Waals surface area contributed by atoms with Gasteiger partial charge in [0.2, 0.25) is 0 Å². The molecular formula is C24H22ClN5O3S. The second-order valence-electron chi connectivity index (χ2n) is 7.07. The summed E-state index contributed by atoms with van der Waals surface area (Å²) >= 11 is 7.54. The summed E-state index contributed by atoms with van der Waals surface area (Å²) in [5.41, 5.74) is 2.07. The average Bonchev–Trinajstić information content (AvgIpc) is 3.33. The molecule has 3 N–H and O–H groups in total. The van der Waals surface area contributed by atoms with E-state index in [1.807, 2.05) is 48.5 Å². The summed E-state index contributed by atoms with van der Waals surface area (Å²) in [6, 6.07) is 19.7. The van der Waals surface area contributed by atoms with Crippen LogP contribution in [0.3, 0.4) is 0 Å². The topological polar surface area (TPSA) is 101 Å². The van der Waals surface area contributed by atoms with Crippen molar-refractivity contribution in [1.82, 2.24) is 15.2 Å². The summed E-state index contributed by atoms with van der Waals surface area (Å²) in [4.78, 5) is 18.0. The number of anilines is 2. The van der Waals surface area contributed by atoms with Gasteiger partial charge in [-0.1, -0.05) is 11.6 Å². The lowest BCUT2D eigenvalue weighted by molar-refractivity contribution is 0.262. The molecule has 0 aliphatic heterocycles. The smallest absolute Gasteiger partial charge is 0.323 e. The molecule has 0 saturated carbocycles. The lowest BCUT2D eigenvalue weighted by Crippen LogP contribution is -2.19. The van der Waals surface area contributed by atoms with Crippen LogP contribution in [0.2, 0.25) is 5.02 Å². The first-order chi connectivity index (χ1) is 16.5. The normalized spacial score (nSPS) is 10.6. The van der Waals surface area contributed by atoms with E-state index in [1.165, 1.54) is 0 Å². The number of carbonyl (C=O) groups excluding carboxylic acids is 1. The first kappa shape index (κ1) is 23.5. The van der Waals surface area contributed by atoms with Crippen LogP contribution in [0.15, 0.2) is 71.6 Å². The van der Waals surface area contributed by atoms with E-state index in [0.717, 1.165) is 16.3 Å². The largest absolute Gasteiger partial charge is 0.497 e. The molecule has 1 heterocycles. The number of carbonyl (C=O) groups is 1. The molecule has 0 bridgehead atoms. The Labute approximate surface area is 206 Å². The Morgan fingerprint density at radius 2 is 1.76 bits per heavy atom. The number of aromatic amines is 1. The molecule has 34 heavy (non-hydrogen) atoms. The van der Waals surface area contributed by atoms with Crippen molar-refractivity contribution in [2.24, 2.45) is 0 Å². The zero-order chi connectivity index (χ0) is 23.9. The minimum atomic E-state index is -0.386. The highest BCUT2D eigenvalue weighted by Crippen LogP contribution is 2.29. The fourth-order valence-corrected chi connectivity index (χ4v) is 3.96. The van der Waals surface area contributed by atoms with E-state index < -0.39 is 0 Å². The number of urea groups is 1. The van der Waals surface area contributed by atoms with Gasteiger partial charge in [-0.2, -0.15) is 5.10 Å². The third-order valence-electron chi connectivity index (χ3n) is 4.78. The van der Waals surface area contributed by atoms with Crippen LogP contribution < -0.4 is 20.1 Å². The van der Waals surface area contributed by atoms with Crippen LogP contribution in [0.5, 0.6) is 11.5 Å². The van der Waals surface area contributed by atoms with Crippen LogP contribution >= 0.6 is 23.4 Å². The number of thioether (sulfide) groups is 1. The Hall–Kier alpha value is -3.69. The van der Waals surface area contributed by atoms with Gasteiger partial charge in [-0.25, -0.2) is 9.78 Å². The zero-order valence-corrected chi connectivity index (χ0v) is 20.0. The number of amides is 2. The molecule has 4 aromatic rings. The van der Waals surface area contributed by atoms with Crippen LogP contribution in [-0.4, -0.2) is 35.4 Å². The number of rotatable bonds is 8. The van der Waals surface area contributed by atoms with Gasteiger partial charge in [-0.3, -0.25) is 5.10 Å². The molecule has 1 aromatic heterocycles. The van der Waals surface area contributed by atoms with Crippen molar-refractivity contribution in [3.63, 3.8) is 0 Å². The Balaban J connectivity index is 1.31. The Morgan fingerprint density at radius 3 is 2.47 bits per heavy atom. The maximum atomic E-state index is 12.4. The number of ether oxygens (including phenoxy) is 2. The molecule has 4 rings (SSSR count). The molecule has 0 unspecified atom stereocenters. The summed E-state index contributed by atoms with van der Waals surface area (Å²) in [5, 5.41) is 13.5. The van der Waals surface area contributed by atoms with Gasteiger partial charge in [-0.15, -0.1) is 11.8 Å². The number of methoxy groups -OCH3 is 2. The second kappa shape index (κ2) is 11.0. The predicted octanol–water partition coefficient (Wildman–Crippen LogP) is 6.08. The van der Waals surface area contributed by atoms with Gasteiger partial charge in [0, 0.05) is 27.2 Å². The number of hydrogen-bond donors (Lipinski definition) is 3. The fourth-order valence-electron chi connectivity index (χ4n) is 3.07. The quantitative estimate of drug-likeness (QED) is 0.256. The van der Waals surface area contributed by atoms with Crippen LogP contribution in [-0.2, 0) is 5.75 Å². The molecule has 10 heteroatoms. The Morgan fingerprint density at radius 1 is 1.00 bits per heavy atom. The van der Waals surface area contributed by atoms with Gasteiger partial charge in [0.05, 0.1) is 25.7 Å². The van der Waals surface area contributed by atoms with Crippen LogP contribution in [0.25, 0.3) is 11.4 Å². The standard InChI is InChI=1S/C24H22ClN5O3S/c1-32-18-9-12-21(33-2)20(13-18)27-24(31)26-17-7-10-19(11-8-17)34-14-22-28-23(30-29-22)15-3-5-16(25)6-4-15/h3-13H,14H2,1-2H3,(H2,26,27,31)(H,28,29,30). The highest BCUT2D eigenvalue weighted by molar-refractivity contribution is 7.98. The molecule has 0 radical (unpaired) electrons. The van der Waals surface area contributed by atoms with Gasteiger partial charge in [-0.05, 0) is 60.7 Å². The SMILES string of the molecule is COc1ccc(OC)c(NC(=O)Nc2ccc(SCc3nc(-c4ccc(Cl)cc4)n[nH]3)cc2)c1. The van der Waals surface area contributed by atoms with Crippen LogP contribution in [0.1, 0.15) is 5.82 Å². The molecule has 0 atom stereocenters. The third kappa shape index (κ3) is 6.00. The lowest BCUT2D eigenvalue weighted by Gasteiger charge is -2.12. The van der Waals surface area contributed by atoms with Gasteiger partial charge in [0.1, 0.15) is 17.3 Å². The maximum absolute atomic E-state index is 12.4. The number of aromatic nitrogens is 3. The van der Waals surface area contributed by atoms with Gasteiger partial charge in [0.15, 0.2) is 5.82 Å². The zero-order valence-electron chi connectivity index (χ0n) is 18.5. The number of halogens is 1. The van der Waals surface area contributed by atoms with E-state index in [2.05, 4.69) is 25.8 Å². The summed E-state index contributed by atoms with van der Waals surface area (Å²) in [6.07, 6.45) is 0. The average molecular weight is 496 g/mol. The number of nitrogens with zero attached hydrogens (tertiary/aromatic N) is 2. The summed E-state index contributed by atoms with van der Waals surface area (Å²) < 4.78 is 10.5. The van der Waals surface area contributed by atoms with Crippen molar-refractivity contribution in [2.45, 2.75) is 10.6 Å². The van der Waals surface area contributed by atoms with Crippen LogP contribution in [0, 0.1) is 0 Å². The molecule has 0 aliphatic rings. The Bertz CT molecular complexity index is 1260. The number of benzene rings is 3. The predicted molar refractivity (Wildman–Crippen MR) is 135 cm³/mol. The second-order valence-corrected chi connectivity index (χ2v) is 8.56. The molecule has 0 fully saturated rings. The van der Waals surface area contributed by atoms with Crippen molar-refractivity contribution in [1.29, 1.82) is 0 Å². The summed E-state index contributed by atoms with van der Waals surface area (Å²) in [6.45, 7) is 0. The Kier molecular flexibility index (Phi) is 7.56. The number of H-pyrrole nitrogens is 1. The molecule has 174 valence electrons. The van der Waals surface area contributed by atoms with E-state index in [4.69, 9.17) is 21.1 Å². The van der Waals surface area contributed by atoms with Crippen LogP contribution in [0.4, 0.5) is 16.2 Å². The molecule has 3 aromatic carbocycles.